The highest BCUT2D eigenvalue weighted by molar-refractivity contribution is 7.99. The van der Waals surface area contributed by atoms with Gasteiger partial charge in [-0.1, -0.05) is 6.58 Å². The zero-order chi connectivity index (χ0) is 8.27. The molecular weight excluding hydrogens is 160 g/mol. The van der Waals surface area contributed by atoms with Gasteiger partial charge >= 0.3 is 5.97 Å². The second kappa shape index (κ2) is 3.81. The maximum absolute atomic E-state index is 11.0. The molecule has 0 N–H and O–H groups in total. The Bertz CT molecular complexity index is 171. The molecule has 1 saturated heterocycles. The number of thioether (sulfide) groups is 1. The summed E-state index contributed by atoms with van der Waals surface area (Å²) in [5.41, 5.74) is 0.637. The number of ether oxygens (including phenoxy) is 1. The van der Waals surface area contributed by atoms with E-state index in [4.69, 9.17) is 0 Å². The van der Waals surface area contributed by atoms with Crippen LogP contribution in [0.1, 0.15) is 6.42 Å². The lowest BCUT2D eigenvalue weighted by Gasteiger charge is -2.08. The molecule has 0 radical (unpaired) electrons. The van der Waals surface area contributed by atoms with E-state index in [1.54, 1.807) is 0 Å². The molecule has 0 aromatic heterocycles. The van der Waals surface area contributed by atoms with Crippen molar-refractivity contribution in [1.29, 1.82) is 0 Å². The summed E-state index contributed by atoms with van der Waals surface area (Å²) in [4.78, 5) is 11.0. The molecule has 0 aromatic carbocycles. The van der Waals surface area contributed by atoms with Crippen LogP contribution in [0.4, 0.5) is 0 Å². The van der Waals surface area contributed by atoms with Crippen LogP contribution >= 0.6 is 11.8 Å². The molecule has 1 atom stereocenters. The molecule has 3 heteroatoms. The summed E-state index contributed by atoms with van der Waals surface area (Å²) in [5.74, 6) is 2.26. The summed E-state index contributed by atoms with van der Waals surface area (Å²) in [6.45, 7) is 3.72. The number of hydrogen-bond donors (Lipinski definition) is 0. The van der Waals surface area contributed by atoms with Crippen LogP contribution in [-0.4, -0.2) is 24.6 Å². The summed E-state index contributed by atoms with van der Waals surface area (Å²) >= 11 is 1.87. The highest BCUT2D eigenvalue weighted by Gasteiger charge is 2.23. The van der Waals surface area contributed by atoms with E-state index in [-0.39, 0.29) is 5.97 Å². The van der Waals surface area contributed by atoms with Gasteiger partial charge in [0.05, 0.1) is 7.11 Å². The third-order valence-corrected chi connectivity index (χ3v) is 3.03. The van der Waals surface area contributed by atoms with E-state index < -0.39 is 0 Å². The summed E-state index contributed by atoms with van der Waals surface area (Å²) in [6, 6.07) is 0. The van der Waals surface area contributed by atoms with E-state index in [1.165, 1.54) is 7.11 Å². The molecule has 0 amide bonds. The summed E-state index contributed by atoms with van der Waals surface area (Å²) in [7, 11) is 1.40. The highest BCUT2D eigenvalue weighted by Crippen LogP contribution is 2.28. The first kappa shape index (κ1) is 8.65. The van der Waals surface area contributed by atoms with Crippen LogP contribution in [0.2, 0.25) is 0 Å². The largest absolute Gasteiger partial charge is 0.466 e. The Morgan fingerprint density at radius 3 is 2.91 bits per heavy atom. The Labute approximate surface area is 71.0 Å². The fourth-order valence-electron chi connectivity index (χ4n) is 1.11. The molecule has 1 aliphatic rings. The normalized spacial score (nSPS) is 23.2. The lowest BCUT2D eigenvalue weighted by Crippen LogP contribution is -2.12. The molecule has 1 unspecified atom stereocenters. The van der Waals surface area contributed by atoms with Crippen molar-refractivity contribution in [2.75, 3.05) is 18.6 Å². The molecular formula is C8H12O2S. The molecule has 1 aliphatic heterocycles. The summed E-state index contributed by atoms with van der Waals surface area (Å²) in [5, 5.41) is 0. The quantitative estimate of drug-likeness (QED) is 0.466. The third kappa shape index (κ3) is 1.99. The van der Waals surface area contributed by atoms with Crippen LogP contribution in [0.15, 0.2) is 12.2 Å². The Hall–Kier alpha value is -0.440. The Morgan fingerprint density at radius 1 is 1.73 bits per heavy atom. The van der Waals surface area contributed by atoms with E-state index in [0.717, 1.165) is 17.9 Å². The van der Waals surface area contributed by atoms with Crippen molar-refractivity contribution in [2.45, 2.75) is 6.42 Å². The van der Waals surface area contributed by atoms with Crippen molar-refractivity contribution in [3.05, 3.63) is 12.2 Å². The fourth-order valence-corrected chi connectivity index (χ4v) is 2.38. The average molecular weight is 172 g/mol. The first-order valence-electron chi connectivity index (χ1n) is 3.60. The van der Waals surface area contributed by atoms with E-state index >= 15 is 0 Å². The van der Waals surface area contributed by atoms with Gasteiger partial charge in [-0.05, 0) is 12.2 Å². The van der Waals surface area contributed by atoms with E-state index in [1.807, 2.05) is 11.8 Å². The zero-order valence-electron chi connectivity index (χ0n) is 6.63. The summed E-state index contributed by atoms with van der Waals surface area (Å²) < 4.78 is 4.58. The molecule has 0 saturated carbocycles. The average Bonchev–Trinajstić information content (AvgIpc) is 2.53. The SMILES string of the molecule is C=C(C(=O)OC)C1CCSC1. The smallest absolute Gasteiger partial charge is 0.333 e. The van der Waals surface area contributed by atoms with Gasteiger partial charge in [0.15, 0.2) is 0 Å². The van der Waals surface area contributed by atoms with E-state index in [2.05, 4.69) is 11.3 Å². The second-order valence-corrected chi connectivity index (χ2v) is 3.73. The van der Waals surface area contributed by atoms with Gasteiger partial charge in [0, 0.05) is 17.2 Å². The lowest BCUT2D eigenvalue weighted by atomic mass is 10.0. The minimum absolute atomic E-state index is 0.252. The second-order valence-electron chi connectivity index (χ2n) is 2.58. The molecule has 0 spiro atoms. The standard InChI is InChI=1S/C8H12O2S/c1-6(8(9)10-2)7-3-4-11-5-7/h7H,1,3-5H2,2H3. The first-order chi connectivity index (χ1) is 5.25. The maximum atomic E-state index is 11.0. The van der Waals surface area contributed by atoms with Gasteiger partial charge in [0.2, 0.25) is 0 Å². The Morgan fingerprint density at radius 2 is 2.45 bits per heavy atom. The lowest BCUT2D eigenvalue weighted by molar-refractivity contribution is -0.136. The number of rotatable bonds is 2. The van der Waals surface area contributed by atoms with E-state index in [9.17, 15) is 4.79 Å². The highest BCUT2D eigenvalue weighted by atomic mass is 32.2. The van der Waals surface area contributed by atoms with Crippen LogP contribution < -0.4 is 0 Å². The minimum atomic E-state index is -0.252. The van der Waals surface area contributed by atoms with Crippen LogP contribution in [0.25, 0.3) is 0 Å². The zero-order valence-corrected chi connectivity index (χ0v) is 7.45. The minimum Gasteiger partial charge on any atom is -0.466 e. The van der Waals surface area contributed by atoms with Crippen molar-refractivity contribution in [2.24, 2.45) is 5.92 Å². The van der Waals surface area contributed by atoms with Crippen LogP contribution in [0.3, 0.4) is 0 Å². The van der Waals surface area contributed by atoms with Gasteiger partial charge in [0.1, 0.15) is 0 Å². The Balaban J connectivity index is 2.46. The van der Waals surface area contributed by atoms with Gasteiger partial charge in [-0.2, -0.15) is 11.8 Å². The molecule has 62 valence electrons. The van der Waals surface area contributed by atoms with Gasteiger partial charge in [0.25, 0.3) is 0 Å². The monoisotopic (exact) mass is 172 g/mol. The predicted molar refractivity (Wildman–Crippen MR) is 46.6 cm³/mol. The van der Waals surface area contributed by atoms with Gasteiger partial charge < -0.3 is 4.74 Å². The molecule has 0 bridgehead atoms. The molecule has 1 heterocycles. The fraction of sp³-hybridized carbons (Fsp3) is 0.625. The number of esters is 1. The Kier molecular flexibility index (Phi) is 3.00. The number of carbonyl (C=O) groups is 1. The molecule has 11 heavy (non-hydrogen) atoms. The molecule has 1 fully saturated rings. The maximum Gasteiger partial charge on any atom is 0.333 e. The number of carbonyl (C=O) groups excluding carboxylic acids is 1. The number of methoxy groups -OCH3 is 1. The third-order valence-electron chi connectivity index (χ3n) is 1.87. The topological polar surface area (TPSA) is 26.3 Å². The molecule has 0 aliphatic carbocycles. The van der Waals surface area contributed by atoms with Crippen molar-refractivity contribution < 1.29 is 9.53 Å². The summed E-state index contributed by atoms with van der Waals surface area (Å²) in [6.07, 6.45) is 1.07. The van der Waals surface area contributed by atoms with Gasteiger partial charge in [-0.15, -0.1) is 0 Å². The van der Waals surface area contributed by atoms with Crippen molar-refractivity contribution >= 4 is 17.7 Å². The van der Waals surface area contributed by atoms with Gasteiger partial charge in [-0.25, -0.2) is 4.79 Å². The van der Waals surface area contributed by atoms with Crippen LogP contribution in [-0.2, 0) is 9.53 Å². The predicted octanol–water partition coefficient (Wildman–Crippen LogP) is 1.47. The first-order valence-corrected chi connectivity index (χ1v) is 4.76. The van der Waals surface area contributed by atoms with E-state index in [0.29, 0.717) is 11.5 Å². The molecule has 2 nitrogen and oxygen atoms in total. The van der Waals surface area contributed by atoms with Gasteiger partial charge in [-0.3, -0.25) is 0 Å². The van der Waals surface area contributed by atoms with Crippen LogP contribution in [0, 0.1) is 5.92 Å². The number of hydrogen-bond acceptors (Lipinski definition) is 3. The molecule has 0 aromatic rings. The van der Waals surface area contributed by atoms with Crippen LogP contribution in [0.5, 0.6) is 0 Å². The van der Waals surface area contributed by atoms with Crippen molar-refractivity contribution in [3.8, 4) is 0 Å². The molecule has 1 rings (SSSR count). The van der Waals surface area contributed by atoms with Crippen molar-refractivity contribution in [3.63, 3.8) is 0 Å². The van der Waals surface area contributed by atoms with Crippen molar-refractivity contribution in [1.82, 2.24) is 0 Å².